The molecule has 0 saturated heterocycles. The number of aromatic carboxylic acids is 1. The summed E-state index contributed by atoms with van der Waals surface area (Å²) in [6.45, 7) is 3.72. The number of rotatable bonds is 3. The smallest absolute Gasteiger partial charge is 0.337 e. The fourth-order valence-electron chi connectivity index (χ4n) is 3.71. The number of carbonyl (C=O) groups is 3. The third-order valence-electron chi connectivity index (χ3n) is 5.11. The van der Waals surface area contributed by atoms with E-state index in [-0.39, 0.29) is 27.7 Å². The first-order chi connectivity index (χ1) is 13.8. The van der Waals surface area contributed by atoms with E-state index in [4.69, 9.17) is 11.6 Å². The normalized spacial score (nSPS) is 13.0. The summed E-state index contributed by atoms with van der Waals surface area (Å²) < 4.78 is 1.87. The lowest BCUT2D eigenvalue weighted by Gasteiger charge is -2.11. The number of allylic oxidation sites excluding steroid dienone is 1. The number of carboxylic acid groups (broad SMARTS) is 1. The summed E-state index contributed by atoms with van der Waals surface area (Å²) in [4.78, 5) is 36.7. The van der Waals surface area contributed by atoms with Crippen LogP contribution in [0.4, 0.5) is 0 Å². The fourth-order valence-corrected chi connectivity index (χ4v) is 3.90. The van der Waals surface area contributed by atoms with Gasteiger partial charge in [-0.3, -0.25) is 9.59 Å². The molecule has 0 unspecified atom stereocenters. The molecule has 0 spiro atoms. The Labute approximate surface area is 171 Å². The van der Waals surface area contributed by atoms with E-state index in [0.717, 1.165) is 17.0 Å². The fraction of sp³-hybridized carbons (Fsp3) is 0.0870. The second-order valence-corrected chi connectivity index (χ2v) is 7.30. The maximum atomic E-state index is 12.7. The van der Waals surface area contributed by atoms with Crippen LogP contribution in [0.5, 0.6) is 0 Å². The van der Waals surface area contributed by atoms with Gasteiger partial charge in [-0.1, -0.05) is 35.9 Å². The molecule has 1 aliphatic rings. The molecule has 5 nitrogen and oxygen atoms in total. The van der Waals surface area contributed by atoms with Crippen LogP contribution >= 0.6 is 11.6 Å². The van der Waals surface area contributed by atoms with Crippen molar-refractivity contribution in [2.45, 2.75) is 13.8 Å². The van der Waals surface area contributed by atoms with Crippen molar-refractivity contribution in [1.29, 1.82) is 0 Å². The number of hydrogen-bond acceptors (Lipinski definition) is 3. The van der Waals surface area contributed by atoms with Gasteiger partial charge in [0.2, 0.25) is 0 Å². The molecule has 2 aromatic carbocycles. The molecule has 4 rings (SSSR count). The zero-order valence-corrected chi connectivity index (χ0v) is 16.4. The molecule has 1 aromatic heterocycles. The van der Waals surface area contributed by atoms with Crippen LogP contribution in [0.3, 0.4) is 0 Å². The number of carbonyl (C=O) groups excluding carboxylic acids is 2. The van der Waals surface area contributed by atoms with E-state index in [1.807, 2.05) is 24.5 Å². The van der Waals surface area contributed by atoms with Crippen molar-refractivity contribution in [1.82, 2.24) is 4.57 Å². The van der Waals surface area contributed by atoms with E-state index in [1.165, 1.54) is 12.1 Å². The standard InChI is InChI=1S/C23H16ClNO4/c1-12-9-14(10-19-21(26)16-5-3-4-6-17(16)22(19)27)13(2)25(12)15-7-8-20(24)18(11-15)23(28)29/h3-11H,1-2H3,(H,28,29). The number of halogens is 1. The van der Waals surface area contributed by atoms with Crippen LogP contribution in [-0.4, -0.2) is 27.2 Å². The van der Waals surface area contributed by atoms with Gasteiger partial charge in [0, 0.05) is 28.2 Å². The van der Waals surface area contributed by atoms with Gasteiger partial charge in [-0.2, -0.15) is 0 Å². The molecule has 0 atom stereocenters. The number of benzene rings is 2. The minimum atomic E-state index is -1.11. The first-order valence-electron chi connectivity index (χ1n) is 8.92. The molecule has 0 bridgehead atoms. The lowest BCUT2D eigenvalue weighted by Crippen LogP contribution is -2.04. The average Bonchev–Trinajstić information content (AvgIpc) is 3.11. The van der Waals surface area contributed by atoms with E-state index in [9.17, 15) is 19.5 Å². The Morgan fingerprint density at radius 1 is 1.00 bits per heavy atom. The second kappa shape index (κ2) is 6.87. The minimum Gasteiger partial charge on any atom is -0.478 e. The number of hydrogen-bond donors (Lipinski definition) is 1. The van der Waals surface area contributed by atoms with E-state index in [1.54, 1.807) is 36.4 Å². The maximum absolute atomic E-state index is 12.7. The second-order valence-electron chi connectivity index (χ2n) is 6.89. The summed E-state index contributed by atoms with van der Waals surface area (Å²) in [5, 5.41) is 9.49. The van der Waals surface area contributed by atoms with Gasteiger partial charge in [-0.15, -0.1) is 0 Å². The van der Waals surface area contributed by atoms with Gasteiger partial charge in [-0.05, 0) is 49.8 Å². The number of carboxylic acids is 1. The summed E-state index contributed by atoms with van der Waals surface area (Å²) in [6, 6.07) is 13.4. The maximum Gasteiger partial charge on any atom is 0.337 e. The summed E-state index contributed by atoms with van der Waals surface area (Å²) in [7, 11) is 0. The number of ketones is 2. The zero-order chi connectivity index (χ0) is 20.9. The molecule has 0 radical (unpaired) electrons. The predicted molar refractivity (Wildman–Crippen MR) is 110 cm³/mol. The minimum absolute atomic E-state index is 0.00756. The summed E-state index contributed by atoms with van der Waals surface area (Å²) in [5.41, 5.74) is 3.95. The average molecular weight is 406 g/mol. The Kier molecular flexibility index (Phi) is 4.47. The summed E-state index contributed by atoms with van der Waals surface area (Å²) in [5.74, 6) is -1.67. The zero-order valence-electron chi connectivity index (χ0n) is 15.7. The van der Waals surface area contributed by atoms with E-state index >= 15 is 0 Å². The highest BCUT2D eigenvalue weighted by Crippen LogP contribution is 2.30. The van der Waals surface area contributed by atoms with Crippen molar-refractivity contribution < 1.29 is 19.5 Å². The molecule has 1 aliphatic carbocycles. The highest BCUT2D eigenvalue weighted by Gasteiger charge is 2.32. The van der Waals surface area contributed by atoms with Gasteiger partial charge in [0.05, 0.1) is 16.2 Å². The Bertz CT molecular complexity index is 1210. The molecule has 144 valence electrons. The number of Topliss-reactive ketones (excluding diaryl/α,β-unsaturated/α-hetero) is 2. The molecule has 1 N–H and O–H groups in total. The molecule has 0 amide bonds. The van der Waals surface area contributed by atoms with Crippen LogP contribution < -0.4 is 0 Å². The van der Waals surface area contributed by atoms with E-state index in [0.29, 0.717) is 16.8 Å². The quantitative estimate of drug-likeness (QED) is 0.496. The Morgan fingerprint density at radius 2 is 1.62 bits per heavy atom. The topological polar surface area (TPSA) is 76.4 Å². The lowest BCUT2D eigenvalue weighted by molar-refractivity contribution is 0.0696. The van der Waals surface area contributed by atoms with Gasteiger partial charge < -0.3 is 9.67 Å². The van der Waals surface area contributed by atoms with Crippen LogP contribution in [-0.2, 0) is 0 Å². The Balaban J connectivity index is 1.81. The van der Waals surface area contributed by atoms with Crippen molar-refractivity contribution in [2.24, 2.45) is 0 Å². The molecule has 0 saturated carbocycles. The van der Waals surface area contributed by atoms with Gasteiger partial charge in [0.25, 0.3) is 0 Å². The molecular weight excluding hydrogens is 390 g/mol. The molecule has 3 aromatic rings. The van der Waals surface area contributed by atoms with Crippen molar-refractivity contribution in [2.75, 3.05) is 0 Å². The van der Waals surface area contributed by atoms with Crippen LogP contribution in [0.15, 0.2) is 54.1 Å². The number of aromatic nitrogens is 1. The molecule has 0 aliphatic heterocycles. The molecule has 6 heteroatoms. The third-order valence-corrected chi connectivity index (χ3v) is 5.44. The monoisotopic (exact) mass is 405 g/mol. The van der Waals surface area contributed by atoms with Gasteiger partial charge >= 0.3 is 5.97 Å². The van der Waals surface area contributed by atoms with Crippen molar-refractivity contribution in [3.8, 4) is 5.69 Å². The molecular formula is C23H16ClNO4. The lowest BCUT2D eigenvalue weighted by atomic mass is 10.1. The van der Waals surface area contributed by atoms with Gasteiger partial charge in [0.15, 0.2) is 11.6 Å². The van der Waals surface area contributed by atoms with Gasteiger partial charge in [-0.25, -0.2) is 4.79 Å². The first kappa shape index (κ1) is 18.9. The molecule has 1 heterocycles. The number of aryl methyl sites for hydroxylation is 1. The Hall–Kier alpha value is -3.44. The number of nitrogens with zero attached hydrogens (tertiary/aromatic N) is 1. The van der Waals surface area contributed by atoms with Crippen LogP contribution in [0.2, 0.25) is 5.02 Å². The summed E-state index contributed by atoms with van der Waals surface area (Å²) >= 11 is 5.98. The SMILES string of the molecule is Cc1cc(C=C2C(=O)c3ccccc3C2=O)c(C)n1-c1ccc(Cl)c(C(=O)O)c1. The van der Waals surface area contributed by atoms with E-state index in [2.05, 4.69) is 0 Å². The van der Waals surface area contributed by atoms with Crippen molar-refractivity contribution in [3.05, 3.63) is 92.8 Å². The predicted octanol–water partition coefficient (Wildman–Crippen LogP) is 4.91. The highest BCUT2D eigenvalue weighted by molar-refractivity contribution is 6.41. The molecule has 29 heavy (non-hydrogen) atoms. The Morgan fingerprint density at radius 3 is 2.21 bits per heavy atom. The van der Waals surface area contributed by atoms with E-state index < -0.39 is 5.97 Å². The number of fused-ring (bicyclic) bond motifs is 1. The van der Waals surface area contributed by atoms with Gasteiger partial charge in [0.1, 0.15) is 0 Å². The van der Waals surface area contributed by atoms with Crippen LogP contribution in [0.1, 0.15) is 48.0 Å². The van der Waals surface area contributed by atoms with Crippen LogP contribution in [0.25, 0.3) is 11.8 Å². The highest BCUT2D eigenvalue weighted by atomic mass is 35.5. The summed E-state index contributed by atoms with van der Waals surface area (Å²) in [6.07, 6.45) is 1.61. The van der Waals surface area contributed by atoms with Crippen molar-refractivity contribution >= 4 is 35.2 Å². The third kappa shape index (κ3) is 3.00. The largest absolute Gasteiger partial charge is 0.478 e. The first-order valence-corrected chi connectivity index (χ1v) is 9.29. The molecule has 0 fully saturated rings. The van der Waals surface area contributed by atoms with Crippen LogP contribution in [0, 0.1) is 13.8 Å². The van der Waals surface area contributed by atoms with Crippen molar-refractivity contribution in [3.63, 3.8) is 0 Å².